The van der Waals surface area contributed by atoms with Crippen molar-refractivity contribution in [2.24, 2.45) is 5.41 Å². The number of urea groups is 1. The number of carboxylic acids is 1. The molecule has 2 rings (SSSR count). The molecule has 1 unspecified atom stereocenters. The summed E-state index contributed by atoms with van der Waals surface area (Å²) in [7, 11) is 0. The van der Waals surface area contributed by atoms with Crippen molar-refractivity contribution in [3.63, 3.8) is 0 Å². The first-order chi connectivity index (χ1) is 9.94. The van der Waals surface area contributed by atoms with Crippen molar-refractivity contribution in [2.75, 3.05) is 18.4 Å². The van der Waals surface area contributed by atoms with E-state index in [0.29, 0.717) is 30.6 Å². The third-order valence-electron chi connectivity index (χ3n) is 3.74. The summed E-state index contributed by atoms with van der Waals surface area (Å²) < 4.78 is 0. The number of hydrogen-bond donors (Lipinski definition) is 2. The summed E-state index contributed by atoms with van der Waals surface area (Å²) >= 11 is 0. The van der Waals surface area contributed by atoms with Gasteiger partial charge in [0.2, 0.25) is 0 Å². The number of aliphatic carboxylic acids is 1. The van der Waals surface area contributed by atoms with Crippen molar-refractivity contribution in [2.45, 2.75) is 19.8 Å². The Labute approximate surface area is 123 Å². The summed E-state index contributed by atoms with van der Waals surface area (Å²) in [5.41, 5.74) is 0.0906. The second-order valence-corrected chi connectivity index (χ2v) is 5.51. The molecule has 110 valence electrons. The van der Waals surface area contributed by atoms with E-state index in [1.165, 1.54) is 4.90 Å². The van der Waals surface area contributed by atoms with Gasteiger partial charge in [-0.2, -0.15) is 5.26 Å². The van der Waals surface area contributed by atoms with Gasteiger partial charge in [-0.1, -0.05) is 6.07 Å². The van der Waals surface area contributed by atoms with Gasteiger partial charge in [0.15, 0.2) is 0 Å². The van der Waals surface area contributed by atoms with Gasteiger partial charge in [0, 0.05) is 18.8 Å². The van der Waals surface area contributed by atoms with Crippen LogP contribution in [0.4, 0.5) is 10.5 Å². The van der Waals surface area contributed by atoms with Crippen LogP contribution in [-0.4, -0.2) is 35.1 Å². The van der Waals surface area contributed by atoms with Crippen molar-refractivity contribution in [3.05, 3.63) is 29.8 Å². The molecular formula is C15H17N3O3. The van der Waals surface area contributed by atoms with Gasteiger partial charge in [-0.25, -0.2) is 4.79 Å². The molecule has 1 aliphatic rings. The van der Waals surface area contributed by atoms with Gasteiger partial charge in [-0.3, -0.25) is 4.79 Å². The third kappa shape index (κ3) is 3.31. The van der Waals surface area contributed by atoms with E-state index in [-0.39, 0.29) is 12.6 Å². The molecule has 0 aromatic heterocycles. The standard InChI is InChI=1S/C15H17N3O3/c1-15(13(19)20)6-3-7-18(10-15)14(21)17-12-5-2-4-11(8-12)9-16/h2,4-5,8H,3,6-7,10H2,1H3,(H,17,21)(H,19,20). The molecule has 1 fully saturated rings. The van der Waals surface area contributed by atoms with Crippen molar-refractivity contribution in [1.29, 1.82) is 5.26 Å². The summed E-state index contributed by atoms with van der Waals surface area (Å²) in [5, 5.41) is 20.8. The van der Waals surface area contributed by atoms with Crippen molar-refractivity contribution < 1.29 is 14.7 Å². The quantitative estimate of drug-likeness (QED) is 0.872. The highest BCUT2D eigenvalue weighted by Gasteiger charge is 2.39. The number of carbonyl (C=O) groups excluding carboxylic acids is 1. The van der Waals surface area contributed by atoms with E-state index in [1.807, 2.05) is 6.07 Å². The molecule has 21 heavy (non-hydrogen) atoms. The number of rotatable bonds is 2. The largest absolute Gasteiger partial charge is 0.481 e. The molecule has 0 aliphatic carbocycles. The van der Waals surface area contributed by atoms with E-state index < -0.39 is 11.4 Å². The summed E-state index contributed by atoms with van der Waals surface area (Å²) in [6.07, 6.45) is 1.23. The Hall–Kier alpha value is -2.55. The number of nitrogens with zero attached hydrogens (tertiary/aromatic N) is 2. The summed E-state index contributed by atoms with van der Waals surface area (Å²) in [5.74, 6) is -0.883. The number of nitriles is 1. The van der Waals surface area contributed by atoms with Crippen LogP contribution in [-0.2, 0) is 4.79 Å². The lowest BCUT2D eigenvalue weighted by molar-refractivity contribution is -0.150. The van der Waals surface area contributed by atoms with Gasteiger partial charge in [-0.05, 0) is 38.0 Å². The number of anilines is 1. The molecule has 1 aromatic rings. The van der Waals surface area contributed by atoms with E-state index >= 15 is 0 Å². The van der Waals surface area contributed by atoms with Crippen LogP contribution in [0.3, 0.4) is 0 Å². The topological polar surface area (TPSA) is 93.4 Å². The number of hydrogen-bond acceptors (Lipinski definition) is 3. The third-order valence-corrected chi connectivity index (χ3v) is 3.74. The van der Waals surface area contributed by atoms with Crippen LogP contribution < -0.4 is 5.32 Å². The Morgan fingerprint density at radius 2 is 2.24 bits per heavy atom. The number of benzene rings is 1. The SMILES string of the molecule is CC1(C(=O)O)CCCN(C(=O)Nc2cccc(C#N)c2)C1. The minimum atomic E-state index is -0.899. The normalized spacial score (nSPS) is 21.4. The molecule has 2 N–H and O–H groups in total. The van der Waals surface area contributed by atoms with E-state index in [0.717, 1.165) is 0 Å². The number of carbonyl (C=O) groups is 2. The van der Waals surface area contributed by atoms with Crippen LogP contribution in [0, 0.1) is 16.7 Å². The maximum absolute atomic E-state index is 12.2. The lowest BCUT2D eigenvalue weighted by atomic mass is 9.82. The van der Waals surface area contributed by atoms with E-state index in [4.69, 9.17) is 5.26 Å². The Bertz CT molecular complexity index is 608. The molecular weight excluding hydrogens is 270 g/mol. The average molecular weight is 287 g/mol. The zero-order valence-corrected chi connectivity index (χ0v) is 11.8. The Morgan fingerprint density at radius 1 is 1.48 bits per heavy atom. The number of amides is 2. The Balaban J connectivity index is 2.06. The van der Waals surface area contributed by atoms with Crippen molar-refractivity contribution >= 4 is 17.7 Å². The first kappa shape index (κ1) is 14.9. The highest BCUT2D eigenvalue weighted by molar-refractivity contribution is 5.90. The molecule has 0 bridgehead atoms. The van der Waals surface area contributed by atoms with Crippen LogP contribution in [0.25, 0.3) is 0 Å². The molecule has 0 radical (unpaired) electrons. The number of likely N-dealkylation sites (tertiary alicyclic amines) is 1. The van der Waals surface area contributed by atoms with Crippen molar-refractivity contribution in [1.82, 2.24) is 4.90 Å². The lowest BCUT2D eigenvalue weighted by Crippen LogP contribution is -2.49. The average Bonchev–Trinajstić information content (AvgIpc) is 2.47. The molecule has 1 atom stereocenters. The molecule has 0 saturated carbocycles. The highest BCUT2D eigenvalue weighted by Crippen LogP contribution is 2.30. The molecule has 6 nitrogen and oxygen atoms in total. The van der Waals surface area contributed by atoms with Crippen LogP contribution >= 0.6 is 0 Å². The first-order valence-corrected chi connectivity index (χ1v) is 6.74. The maximum atomic E-state index is 12.2. The van der Waals surface area contributed by atoms with Gasteiger partial charge >= 0.3 is 12.0 Å². The lowest BCUT2D eigenvalue weighted by Gasteiger charge is -2.37. The van der Waals surface area contributed by atoms with E-state index in [1.54, 1.807) is 31.2 Å². The zero-order valence-electron chi connectivity index (χ0n) is 11.8. The molecule has 2 amide bonds. The van der Waals surface area contributed by atoms with Crippen LogP contribution in [0.5, 0.6) is 0 Å². The Morgan fingerprint density at radius 3 is 2.90 bits per heavy atom. The summed E-state index contributed by atoms with van der Waals surface area (Å²) in [6, 6.07) is 8.28. The number of piperidine rings is 1. The van der Waals surface area contributed by atoms with Gasteiger partial charge in [0.1, 0.15) is 0 Å². The van der Waals surface area contributed by atoms with Crippen LogP contribution in [0.2, 0.25) is 0 Å². The predicted octanol–water partition coefficient (Wildman–Crippen LogP) is 2.28. The van der Waals surface area contributed by atoms with Gasteiger partial charge in [0.25, 0.3) is 0 Å². The van der Waals surface area contributed by atoms with Gasteiger partial charge in [-0.15, -0.1) is 0 Å². The number of nitrogens with one attached hydrogen (secondary N) is 1. The predicted molar refractivity (Wildman–Crippen MR) is 76.7 cm³/mol. The summed E-state index contributed by atoms with van der Waals surface area (Å²) in [4.78, 5) is 25.0. The first-order valence-electron chi connectivity index (χ1n) is 6.74. The second-order valence-electron chi connectivity index (χ2n) is 5.51. The summed E-state index contributed by atoms with van der Waals surface area (Å²) in [6.45, 7) is 2.38. The Kier molecular flexibility index (Phi) is 4.13. The molecule has 1 heterocycles. The zero-order chi connectivity index (χ0) is 15.5. The molecule has 0 spiro atoms. The van der Waals surface area contributed by atoms with E-state index in [9.17, 15) is 14.7 Å². The maximum Gasteiger partial charge on any atom is 0.321 e. The minimum absolute atomic E-state index is 0.187. The van der Waals surface area contributed by atoms with Crippen LogP contribution in [0.1, 0.15) is 25.3 Å². The number of carboxylic acid groups (broad SMARTS) is 1. The van der Waals surface area contributed by atoms with Gasteiger partial charge in [0.05, 0.1) is 17.0 Å². The monoisotopic (exact) mass is 287 g/mol. The fourth-order valence-electron chi connectivity index (χ4n) is 2.46. The highest BCUT2D eigenvalue weighted by atomic mass is 16.4. The van der Waals surface area contributed by atoms with Gasteiger partial charge < -0.3 is 15.3 Å². The molecule has 1 aromatic carbocycles. The fourth-order valence-corrected chi connectivity index (χ4v) is 2.46. The van der Waals surface area contributed by atoms with Crippen LogP contribution in [0.15, 0.2) is 24.3 Å². The minimum Gasteiger partial charge on any atom is -0.481 e. The second kappa shape index (κ2) is 5.83. The molecule has 6 heteroatoms. The smallest absolute Gasteiger partial charge is 0.321 e. The molecule has 1 saturated heterocycles. The fraction of sp³-hybridized carbons (Fsp3) is 0.400. The molecule has 1 aliphatic heterocycles. The van der Waals surface area contributed by atoms with Crippen molar-refractivity contribution in [3.8, 4) is 6.07 Å². The van der Waals surface area contributed by atoms with E-state index in [2.05, 4.69) is 5.32 Å².